The molecule has 0 spiro atoms. The van der Waals surface area contributed by atoms with Crippen LogP contribution >= 0.6 is 0 Å². The van der Waals surface area contributed by atoms with Crippen molar-refractivity contribution in [2.24, 2.45) is 11.8 Å². The van der Waals surface area contributed by atoms with Gasteiger partial charge in [0.05, 0.1) is 5.92 Å². The normalized spacial score (nSPS) is 21.3. The molecule has 2 aromatic rings. The Kier molecular flexibility index (Phi) is 8.62. The first-order valence-electron chi connectivity index (χ1n) is 13.0. The SMILES string of the molecule is CCCCNC(=O)N1CC(C(=O)N2CCC(Cc3ccccc3)CC2)CC(c2ccccc2)C1. The third-order valence-electron chi connectivity index (χ3n) is 7.46. The van der Waals surface area contributed by atoms with Crippen LogP contribution in [0.3, 0.4) is 0 Å². The van der Waals surface area contributed by atoms with Gasteiger partial charge in [0, 0.05) is 38.6 Å². The minimum Gasteiger partial charge on any atom is -0.342 e. The zero-order valence-electron chi connectivity index (χ0n) is 20.5. The minimum atomic E-state index is -0.137. The number of urea groups is 1. The van der Waals surface area contributed by atoms with Crippen LogP contribution in [0.1, 0.15) is 56.1 Å². The lowest BCUT2D eigenvalue weighted by Gasteiger charge is -2.40. The molecule has 0 bridgehead atoms. The number of unbranched alkanes of at least 4 members (excludes halogenated alkanes) is 1. The molecule has 34 heavy (non-hydrogen) atoms. The fourth-order valence-electron chi connectivity index (χ4n) is 5.46. The van der Waals surface area contributed by atoms with Gasteiger partial charge in [-0.2, -0.15) is 0 Å². The zero-order chi connectivity index (χ0) is 23.8. The zero-order valence-corrected chi connectivity index (χ0v) is 20.5. The van der Waals surface area contributed by atoms with Gasteiger partial charge in [-0.25, -0.2) is 4.79 Å². The molecule has 5 heteroatoms. The maximum atomic E-state index is 13.6. The average molecular weight is 462 g/mol. The highest BCUT2D eigenvalue weighted by molar-refractivity contribution is 5.81. The molecule has 2 unspecified atom stereocenters. The lowest BCUT2D eigenvalue weighted by Crippen LogP contribution is -2.52. The molecule has 0 radical (unpaired) electrons. The second-order valence-corrected chi connectivity index (χ2v) is 9.99. The molecule has 2 fully saturated rings. The van der Waals surface area contributed by atoms with E-state index >= 15 is 0 Å². The second kappa shape index (κ2) is 12.0. The number of rotatable bonds is 7. The summed E-state index contributed by atoms with van der Waals surface area (Å²) in [5, 5.41) is 3.06. The summed E-state index contributed by atoms with van der Waals surface area (Å²) >= 11 is 0. The number of carbonyl (C=O) groups is 2. The third-order valence-corrected chi connectivity index (χ3v) is 7.46. The summed E-state index contributed by atoms with van der Waals surface area (Å²) in [6, 6.07) is 21.0. The Morgan fingerprint density at radius 2 is 1.59 bits per heavy atom. The molecule has 3 amide bonds. The van der Waals surface area contributed by atoms with E-state index in [0.717, 1.165) is 51.6 Å². The van der Waals surface area contributed by atoms with Crippen molar-refractivity contribution in [3.05, 3.63) is 71.8 Å². The van der Waals surface area contributed by atoms with Crippen molar-refractivity contribution in [2.75, 3.05) is 32.7 Å². The first-order valence-corrected chi connectivity index (χ1v) is 13.0. The number of hydrogen-bond donors (Lipinski definition) is 1. The quantitative estimate of drug-likeness (QED) is 0.585. The molecule has 5 nitrogen and oxygen atoms in total. The van der Waals surface area contributed by atoms with Gasteiger partial charge in [0.2, 0.25) is 5.91 Å². The predicted molar refractivity (Wildman–Crippen MR) is 137 cm³/mol. The standard InChI is InChI=1S/C29H39N3O2/c1-2-3-16-30-29(34)32-21-26(25-12-8-5-9-13-25)20-27(22-32)28(33)31-17-14-24(15-18-31)19-23-10-6-4-7-11-23/h4-13,24,26-27H,2-3,14-22H2,1H3,(H,30,34). The molecule has 0 aromatic heterocycles. The Hall–Kier alpha value is -2.82. The third kappa shape index (κ3) is 6.40. The van der Waals surface area contributed by atoms with E-state index in [1.165, 1.54) is 11.1 Å². The Labute approximate surface area is 204 Å². The van der Waals surface area contributed by atoms with Crippen LogP contribution in [0.15, 0.2) is 60.7 Å². The van der Waals surface area contributed by atoms with Gasteiger partial charge in [-0.1, -0.05) is 74.0 Å². The molecule has 182 valence electrons. The maximum absolute atomic E-state index is 13.6. The fourth-order valence-corrected chi connectivity index (χ4v) is 5.46. The van der Waals surface area contributed by atoms with Crippen LogP contribution in [-0.2, 0) is 11.2 Å². The van der Waals surface area contributed by atoms with E-state index in [9.17, 15) is 9.59 Å². The average Bonchev–Trinajstić information content (AvgIpc) is 2.89. The van der Waals surface area contributed by atoms with Gasteiger partial charge < -0.3 is 15.1 Å². The Morgan fingerprint density at radius 1 is 0.912 bits per heavy atom. The number of nitrogens with one attached hydrogen (secondary N) is 1. The monoisotopic (exact) mass is 461 g/mol. The molecule has 2 heterocycles. The Balaban J connectivity index is 1.38. The van der Waals surface area contributed by atoms with Crippen LogP contribution in [0.5, 0.6) is 0 Å². The summed E-state index contributed by atoms with van der Waals surface area (Å²) in [7, 11) is 0. The van der Waals surface area contributed by atoms with Crippen molar-refractivity contribution in [2.45, 2.75) is 51.4 Å². The smallest absolute Gasteiger partial charge is 0.317 e. The summed E-state index contributed by atoms with van der Waals surface area (Å²) in [4.78, 5) is 30.4. The number of amides is 3. The number of benzene rings is 2. The van der Waals surface area contributed by atoms with Crippen molar-refractivity contribution in [1.82, 2.24) is 15.1 Å². The summed E-state index contributed by atoms with van der Waals surface area (Å²) in [6.07, 6.45) is 6.03. The highest BCUT2D eigenvalue weighted by atomic mass is 16.2. The van der Waals surface area contributed by atoms with Gasteiger partial charge in [0.1, 0.15) is 0 Å². The van der Waals surface area contributed by atoms with E-state index in [-0.39, 0.29) is 23.8 Å². The van der Waals surface area contributed by atoms with E-state index in [1.807, 2.05) is 23.1 Å². The second-order valence-electron chi connectivity index (χ2n) is 9.99. The van der Waals surface area contributed by atoms with E-state index in [1.54, 1.807) is 0 Å². The van der Waals surface area contributed by atoms with Gasteiger partial charge >= 0.3 is 6.03 Å². The van der Waals surface area contributed by atoms with Crippen LogP contribution in [0.4, 0.5) is 4.79 Å². The lowest BCUT2D eigenvalue weighted by molar-refractivity contribution is -0.138. The van der Waals surface area contributed by atoms with Gasteiger partial charge in [-0.3, -0.25) is 4.79 Å². The summed E-state index contributed by atoms with van der Waals surface area (Å²) in [6.45, 7) is 5.65. The van der Waals surface area contributed by atoms with Crippen LogP contribution < -0.4 is 5.32 Å². The minimum absolute atomic E-state index is 0.0338. The molecule has 2 aliphatic rings. The molecular formula is C29H39N3O2. The Morgan fingerprint density at radius 3 is 2.26 bits per heavy atom. The van der Waals surface area contributed by atoms with Crippen LogP contribution in [-0.4, -0.2) is 54.5 Å². The molecule has 2 aromatic carbocycles. The number of nitrogens with zero attached hydrogens (tertiary/aromatic N) is 2. The number of hydrogen-bond acceptors (Lipinski definition) is 2. The summed E-state index contributed by atoms with van der Waals surface area (Å²) in [5.74, 6) is 0.916. The Bertz CT molecular complexity index is 909. The van der Waals surface area contributed by atoms with Crippen LogP contribution in [0, 0.1) is 11.8 Å². The fraction of sp³-hybridized carbons (Fsp3) is 0.517. The highest BCUT2D eigenvalue weighted by Crippen LogP contribution is 2.32. The summed E-state index contributed by atoms with van der Waals surface area (Å²) in [5.41, 5.74) is 2.60. The molecular weight excluding hydrogens is 422 g/mol. The number of likely N-dealkylation sites (tertiary alicyclic amines) is 2. The van der Waals surface area contributed by atoms with Crippen LogP contribution in [0.25, 0.3) is 0 Å². The van der Waals surface area contributed by atoms with Gasteiger partial charge in [-0.15, -0.1) is 0 Å². The van der Waals surface area contributed by atoms with Crippen molar-refractivity contribution in [1.29, 1.82) is 0 Å². The topological polar surface area (TPSA) is 52.7 Å². The first-order chi connectivity index (χ1) is 16.6. The van der Waals surface area contributed by atoms with Gasteiger partial charge in [0.25, 0.3) is 0 Å². The van der Waals surface area contributed by atoms with Crippen molar-refractivity contribution in [3.8, 4) is 0 Å². The van der Waals surface area contributed by atoms with E-state index in [4.69, 9.17) is 0 Å². The van der Waals surface area contributed by atoms with Crippen molar-refractivity contribution >= 4 is 11.9 Å². The lowest BCUT2D eigenvalue weighted by atomic mass is 9.83. The molecule has 0 aliphatic carbocycles. The largest absolute Gasteiger partial charge is 0.342 e. The van der Waals surface area contributed by atoms with E-state index in [0.29, 0.717) is 25.6 Å². The molecule has 2 atom stereocenters. The van der Waals surface area contributed by atoms with Gasteiger partial charge in [-0.05, 0) is 49.1 Å². The van der Waals surface area contributed by atoms with E-state index < -0.39 is 0 Å². The predicted octanol–water partition coefficient (Wildman–Crippen LogP) is 5.08. The van der Waals surface area contributed by atoms with Crippen molar-refractivity contribution < 1.29 is 9.59 Å². The molecule has 2 saturated heterocycles. The molecule has 0 saturated carbocycles. The van der Waals surface area contributed by atoms with Crippen LogP contribution in [0.2, 0.25) is 0 Å². The maximum Gasteiger partial charge on any atom is 0.317 e. The summed E-state index contributed by atoms with van der Waals surface area (Å²) < 4.78 is 0. The highest BCUT2D eigenvalue weighted by Gasteiger charge is 2.37. The molecule has 1 N–H and O–H groups in total. The van der Waals surface area contributed by atoms with Crippen molar-refractivity contribution in [3.63, 3.8) is 0 Å². The van der Waals surface area contributed by atoms with E-state index in [2.05, 4.69) is 59.6 Å². The van der Waals surface area contributed by atoms with Gasteiger partial charge in [0.15, 0.2) is 0 Å². The first kappa shape index (κ1) is 24.3. The number of piperidine rings is 2. The molecule has 2 aliphatic heterocycles. The molecule has 4 rings (SSSR count). The number of carbonyl (C=O) groups excluding carboxylic acids is 2.